The van der Waals surface area contributed by atoms with Gasteiger partial charge in [0.1, 0.15) is 18.1 Å². The molecule has 0 bridgehead atoms. The summed E-state index contributed by atoms with van der Waals surface area (Å²) in [5.74, 6) is -2.05. The zero-order valence-electron chi connectivity index (χ0n) is 14.1. The first-order chi connectivity index (χ1) is 12.5. The first kappa shape index (κ1) is 17.0. The number of pyridine rings is 1. The molecule has 0 amide bonds. The van der Waals surface area contributed by atoms with Crippen molar-refractivity contribution in [2.24, 2.45) is 0 Å². The van der Waals surface area contributed by atoms with Crippen LogP contribution in [0.5, 0.6) is 0 Å². The molecule has 6 nitrogen and oxygen atoms in total. The molecule has 1 aromatic heterocycles. The normalized spacial score (nSPS) is 17.7. The van der Waals surface area contributed by atoms with Crippen molar-refractivity contribution in [1.29, 1.82) is 0 Å². The molecular weight excluding hydrogens is 344 g/mol. The fourth-order valence-electron chi connectivity index (χ4n) is 3.71. The lowest BCUT2D eigenvalue weighted by atomic mass is 10.0. The maximum atomic E-state index is 14.9. The monoisotopic (exact) mass is 363 g/mol. The van der Waals surface area contributed by atoms with E-state index < -0.39 is 29.5 Å². The zero-order valence-corrected chi connectivity index (χ0v) is 14.1. The van der Waals surface area contributed by atoms with Gasteiger partial charge in [-0.25, -0.2) is 13.6 Å². The summed E-state index contributed by atoms with van der Waals surface area (Å²) in [5.41, 5.74) is -0.561. The molecular formula is C18H19F2N3O3. The Bertz CT molecular complexity index is 947. The summed E-state index contributed by atoms with van der Waals surface area (Å²) in [5, 5.41) is 12.4. The number of carboxylic acid groups (broad SMARTS) is 1. The van der Waals surface area contributed by atoms with E-state index >= 15 is 0 Å². The summed E-state index contributed by atoms with van der Waals surface area (Å²) in [6.07, 6.45) is 2.93. The van der Waals surface area contributed by atoms with Crippen LogP contribution < -0.4 is 15.6 Å². The van der Waals surface area contributed by atoms with Gasteiger partial charge in [-0.15, -0.1) is 0 Å². The number of aromatic nitrogens is 1. The highest BCUT2D eigenvalue weighted by atomic mass is 19.1. The molecule has 0 atom stereocenters. The van der Waals surface area contributed by atoms with E-state index in [2.05, 4.69) is 5.32 Å². The van der Waals surface area contributed by atoms with E-state index in [1.807, 2.05) is 0 Å². The van der Waals surface area contributed by atoms with Gasteiger partial charge in [0.2, 0.25) is 5.43 Å². The SMILES string of the molecule is O=C(O)c1cn(C2CC2)c2c(CF)c(N3CCNCC3)c(F)cc2c1=O. The molecule has 1 aromatic carbocycles. The van der Waals surface area contributed by atoms with Crippen molar-refractivity contribution < 1.29 is 18.7 Å². The lowest BCUT2D eigenvalue weighted by Crippen LogP contribution is -2.44. The number of carboxylic acids is 1. The first-order valence-electron chi connectivity index (χ1n) is 8.68. The average Bonchev–Trinajstić information content (AvgIpc) is 3.47. The fraction of sp³-hybridized carbons (Fsp3) is 0.444. The van der Waals surface area contributed by atoms with Gasteiger partial charge in [0.25, 0.3) is 0 Å². The van der Waals surface area contributed by atoms with E-state index in [0.29, 0.717) is 31.7 Å². The number of hydrogen-bond donors (Lipinski definition) is 2. The number of fused-ring (bicyclic) bond motifs is 1. The number of hydrogen-bond acceptors (Lipinski definition) is 4. The standard InChI is InChI=1S/C18H19F2N3O3/c19-8-12-15-11(7-14(20)16(12)22-5-3-21-4-6-22)17(24)13(18(25)26)9-23(15)10-1-2-10/h7,9-10,21H,1-6,8H2,(H,25,26). The molecule has 2 fully saturated rings. The second-order valence-electron chi connectivity index (χ2n) is 6.77. The molecule has 1 aliphatic carbocycles. The molecule has 2 heterocycles. The third-order valence-corrected chi connectivity index (χ3v) is 5.08. The van der Waals surface area contributed by atoms with E-state index in [4.69, 9.17) is 0 Å². The summed E-state index contributed by atoms with van der Waals surface area (Å²) in [6, 6.07) is 1.09. The van der Waals surface area contributed by atoms with Crippen LogP contribution in [-0.4, -0.2) is 41.8 Å². The quantitative estimate of drug-likeness (QED) is 0.870. The van der Waals surface area contributed by atoms with Gasteiger partial charge in [0, 0.05) is 49.4 Å². The van der Waals surface area contributed by atoms with Crippen molar-refractivity contribution in [3.05, 3.63) is 39.4 Å². The second-order valence-corrected chi connectivity index (χ2v) is 6.77. The molecule has 1 aliphatic heterocycles. The predicted molar refractivity (Wildman–Crippen MR) is 93.3 cm³/mol. The number of anilines is 1. The molecule has 0 unspecified atom stereocenters. The van der Waals surface area contributed by atoms with E-state index in [9.17, 15) is 23.5 Å². The van der Waals surface area contributed by atoms with Crippen LogP contribution >= 0.6 is 0 Å². The van der Waals surface area contributed by atoms with Gasteiger partial charge in [-0.3, -0.25) is 4.79 Å². The summed E-state index contributed by atoms with van der Waals surface area (Å²) in [4.78, 5) is 25.8. The Kier molecular flexibility index (Phi) is 4.14. The number of carbonyl (C=O) groups is 1. The minimum absolute atomic E-state index is 0.0165. The van der Waals surface area contributed by atoms with Gasteiger partial charge in [0.05, 0.1) is 11.2 Å². The minimum atomic E-state index is -1.36. The molecule has 26 heavy (non-hydrogen) atoms. The summed E-state index contributed by atoms with van der Waals surface area (Å²) in [7, 11) is 0. The average molecular weight is 363 g/mol. The first-order valence-corrected chi connectivity index (χ1v) is 8.68. The van der Waals surface area contributed by atoms with Crippen LogP contribution in [0.3, 0.4) is 0 Å². The maximum absolute atomic E-state index is 14.9. The van der Waals surface area contributed by atoms with Crippen LogP contribution in [0.1, 0.15) is 34.8 Å². The Hall–Kier alpha value is -2.48. The van der Waals surface area contributed by atoms with E-state index in [0.717, 1.165) is 18.9 Å². The number of aromatic carboxylic acids is 1. The van der Waals surface area contributed by atoms with E-state index in [-0.39, 0.29) is 22.7 Å². The van der Waals surface area contributed by atoms with Gasteiger partial charge in [-0.2, -0.15) is 0 Å². The molecule has 4 rings (SSSR count). The smallest absolute Gasteiger partial charge is 0.341 e. The molecule has 2 aliphatic rings. The number of rotatable bonds is 4. The molecule has 2 N–H and O–H groups in total. The number of benzene rings is 1. The summed E-state index contributed by atoms with van der Waals surface area (Å²) in [6.45, 7) is 1.48. The van der Waals surface area contributed by atoms with Gasteiger partial charge < -0.3 is 19.9 Å². The molecule has 1 saturated heterocycles. The third kappa shape index (κ3) is 2.65. The lowest BCUT2D eigenvalue weighted by molar-refractivity contribution is 0.0695. The summed E-state index contributed by atoms with van der Waals surface area (Å²) < 4.78 is 30.6. The topological polar surface area (TPSA) is 74.6 Å². The molecule has 138 valence electrons. The van der Waals surface area contributed by atoms with E-state index in [1.54, 1.807) is 9.47 Å². The Morgan fingerprint density at radius 1 is 1.31 bits per heavy atom. The Morgan fingerprint density at radius 2 is 2.00 bits per heavy atom. The van der Waals surface area contributed by atoms with Crippen LogP contribution in [-0.2, 0) is 6.67 Å². The number of alkyl halides is 1. The maximum Gasteiger partial charge on any atom is 0.341 e. The fourth-order valence-corrected chi connectivity index (χ4v) is 3.71. The van der Waals surface area contributed by atoms with Crippen molar-refractivity contribution in [3.8, 4) is 0 Å². The third-order valence-electron chi connectivity index (χ3n) is 5.08. The molecule has 2 aromatic rings. The lowest BCUT2D eigenvalue weighted by Gasteiger charge is -2.32. The highest BCUT2D eigenvalue weighted by Crippen LogP contribution is 2.40. The van der Waals surface area contributed by atoms with E-state index in [1.165, 1.54) is 6.20 Å². The molecule has 0 spiro atoms. The Balaban J connectivity index is 2.05. The van der Waals surface area contributed by atoms with Crippen LogP contribution in [0.4, 0.5) is 14.5 Å². The molecule has 8 heteroatoms. The van der Waals surface area contributed by atoms with Crippen molar-refractivity contribution in [2.75, 3.05) is 31.1 Å². The van der Waals surface area contributed by atoms with Crippen LogP contribution in [0, 0.1) is 5.82 Å². The van der Waals surface area contributed by atoms with Crippen molar-refractivity contribution >= 4 is 22.6 Å². The van der Waals surface area contributed by atoms with Gasteiger partial charge >= 0.3 is 5.97 Å². The minimum Gasteiger partial charge on any atom is -0.477 e. The van der Waals surface area contributed by atoms with Crippen LogP contribution in [0.25, 0.3) is 10.9 Å². The van der Waals surface area contributed by atoms with Crippen molar-refractivity contribution in [3.63, 3.8) is 0 Å². The zero-order chi connectivity index (χ0) is 18.4. The molecule has 0 radical (unpaired) electrons. The van der Waals surface area contributed by atoms with Crippen molar-refractivity contribution in [1.82, 2.24) is 9.88 Å². The Morgan fingerprint density at radius 3 is 2.58 bits per heavy atom. The van der Waals surface area contributed by atoms with Gasteiger partial charge in [-0.05, 0) is 18.9 Å². The largest absolute Gasteiger partial charge is 0.477 e. The van der Waals surface area contributed by atoms with Gasteiger partial charge in [-0.1, -0.05) is 0 Å². The molecule has 1 saturated carbocycles. The number of halogens is 2. The van der Waals surface area contributed by atoms with Gasteiger partial charge in [0.15, 0.2) is 0 Å². The Labute approximate surface area is 148 Å². The summed E-state index contributed by atoms with van der Waals surface area (Å²) >= 11 is 0. The number of nitrogens with zero attached hydrogens (tertiary/aromatic N) is 2. The van der Waals surface area contributed by atoms with Crippen molar-refractivity contribution in [2.45, 2.75) is 25.6 Å². The predicted octanol–water partition coefficient (Wildman–Crippen LogP) is 2.05. The van der Waals surface area contributed by atoms with Crippen LogP contribution in [0.15, 0.2) is 17.1 Å². The second kappa shape index (κ2) is 6.35. The number of piperazine rings is 1. The van der Waals surface area contributed by atoms with Crippen LogP contribution in [0.2, 0.25) is 0 Å². The number of nitrogens with one attached hydrogen (secondary N) is 1. The highest BCUT2D eigenvalue weighted by molar-refractivity contribution is 5.95. The highest BCUT2D eigenvalue weighted by Gasteiger charge is 2.30.